The zero-order valence-corrected chi connectivity index (χ0v) is 42.7. The standard InChI is InChI=1S/C60H98O6/c1-4-7-10-13-16-19-22-24-26-28-30-32-34-36-38-41-44-47-50-53-59(62)65-56-57(55-64-58(61)52-49-46-43-40-21-18-15-12-9-6-3)66-60(63)54-51-48-45-42-39-37-35-33-31-29-27-25-23-20-17-14-11-8-5-2/h7-8,10-11,16-17,19-20,24-27,30,32,36,38,44,47,57H,4-6,9,12-15,18,21-23,28-29,31,33-35,37,39-43,45-46,48-56H2,1-3H3/b10-7-,11-8-,19-16-,20-17-,26-24-,27-25-,32-30-,38-36-,47-44-. The second kappa shape index (κ2) is 53.7. The number of hydrogen-bond acceptors (Lipinski definition) is 6. The second-order valence-corrected chi connectivity index (χ2v) is 17.4. The van der Waals surface area contributed by atoms with Crippen molar-refractivity contribution < 1.29 is 28.6 Å². The van der Waals surface area contributed by atoms with Crippen LogP contribution >= 0.6 is 0 Å². The van der Waals surface area contributed by atoms with Crippen LogP contribution in [0.1, 0.15) is 233 Å². The Kier molecular flexibility index (Phi) is 50.5. The van der Waals surface area contributed by atoms with E-state index in [2.05, 4.69) is 124 Å². The normalized spacial score (nSPS) is 13.0. The van der Waals surface area contributed by atoms with Crippen molar-refractivity contribution in [3.05, 3.63) is 109 Å². The average Bonchev–Trinajstić information content (AvgIpc) is 3.31. The maximum atomic E-state index is 12.8. The lowest BCUT2D eigenvalue weighted by Gasteiger charge is -2.18. The van der Waals surface area contributed by atoms with E-state index in [0.717, 1.165) is 103 Å². The predicted molar refractivity (Wildman–Crippen MR) is 283 cm³/mol. The summed E-state index contributed by atoms with van der Waals surface area (Å²) in [5, 5.41) is 0. The Morgan fingerprint density at radius 3 is 1.02 bits per heavy atom. The first kappa shape index (κ1) is 62.1. The van der Waals surface area contributed by atoms with Gasteiger partial charge in [-0.15, -0.1) is 0 Å². The fourth-order valence-corrected chi connectivity index (χ4v) is 7.07. The Morgan fingerprint density at radius 2 is 0.621 bits per heavy atom. The first-order valence-corrected chi connectivity index (χ1v) is 26.9. The van der Waals surface area contributed by atoms with Crippen molar-refractivity contribution in [2.75, 3.05) is 13.2 Å². The molecule has 0 bridgehead atoms. The molecule has 0 saturated carbocycles. The van der Waals surface area contributed by atoms with Crippen molar-refractivity contribution in [3.8, 4) is 0 Å². The van der Waals surface area contributed by atoms with Crippen molar-refractivity contribution in [2.45, 2.75) is 239 Å². The first-order chi connectivity index (χ1) is 32.5. The van der Waals surface area contributed by atoms with Gasteiger partial charge in [0.15, 0.2) is 6.10 Å². The van der Waals surface area contributed by atoms with E-state index in [-0.39, 0.29) is 37.5 Å². The molecule has 0 aliphatic heterocycles. The number of esters is 3. The monoisotopic (exact) mass is 915 g/mol. The molecule has 1 atom stereocenters. The van der Waals surface area contributed by atoms with E-state index < -0.39 is 6.10 Å². The third kappa shape index (κ3) is 51.1. The quantitative estimate of drug-likeness (QED) is 0.0262. The minimum atomic E-state index is -0.811. The average molecular weight is 915 g/mol. The second-order valence-electron chi connectivity index (χ2n) is 17.4. The highest BCUT2D eigenvalue weighted by Crippen LogP contribution is 2.14. The van der Waals surface area contributed by atoms with Crippen molar-refractivity contribution in [3.63, 3.8) is 0 Å². The molecule has 374 valence electrons. The smallest absolute Gasteiger partial charge is 0.306 e. The van der Waals surface area contributed by atoms with Gasteiger partial charge in [0.25, 0.3) is 0 Å². The lowest BCUT2D eigenvalue weighted by molar-refractivity contribution is -0.166. The molecule has 0 aromatic heterocycles. The molecule has 0 spiro atoms. The SMILES string of the molecule is CC/C=C\C/C=C\C/C=C\C/C=C\C/C=C\C/C=C\CCC(=O)OCC(COC(=O)CCCCCCCCCCCC)OC(=O)CCCCCCCCCCC/C=C\C/C=C\C/C=C\CC. The number of carbonyl (C=O) groups is 3. The van der Waals surface area contributed by atoms with Crippen LogP contribution in [0.15, 0.2) is 109 Å². The highest BCUT2D eigenvalue weighted by Gasteiger charge is 2.19. The molecule has 6 heteroatoms. The molecule has 0 aromatic rings. The van der Waals surface area contributed by atoms with Gasteiger partial charge < -0.3 is 14.2 Å². The molecular weight excluding hydrogens is 817 g/mol. The van der Waals surface area contributed by atoms with Gasteiger partial charge in [-0.1, -0.05) is 233 Å². The van der Waals surface area contributed by atoms with Crippen LogP contribution in [0, 0.1) is 0 Å². The Hall–Kier alpha value is -3.93. The van der Waals surface area contributed by atoms with E-state index in [9.17, 15) is 14.4 Å². The molecule has 0 N–H and O–H groups in total. The molecule has 0 saturated heterocycles. The Morgan fingerprint density at radius 1 is 0.318 bits per heavy atom. The van der Waals surface area contributed by atoms with Crippen molar-refractivity contribution in [1.82, 2.24) is 0 Å². The van der Waals surface area contributed by atoms with Gasteiger partial charge in [0.1, 0.15) is 13.2 Å². The molecular formula is C60H98O6. The third-order valence-electron chi connectivity index (χ3n) is 11.0. The number of hydrogen-bond donors (Lipinski definition) is 0. The number of rotatable bonds is 47. The Labute approximate surface area is 406 Å². The summed E-state index contributed by atoms with van der Waals surface area (Å²) >= 11 is 0. The molecule has 66 heavy (non-hydrogen) atoms. The fraction of sp³-hybridized carbons (Fsp3) is 0.650. The topological polar surface area (TPSA) is 78.9 Å². The number of ether oxygens (including phenoxy) is 3. The van der Waals surface area contributed by atoms with Gasteiger partial charge in [-0.25, -0.2) is 0 Å². The van der Waals surface area contributed by atoms with Gasteiger partial charge in [0.2, 0.25) is 0 Å². The molecule has 0 aliphatic carbocycles. The van der Waals surface area contributed by atoms with Crippen molar-refractivity contribution in [2.24, 2.45) is 0 Å². The maximum absolute atomic E-state index is 12.8. The summed E-state index contributed by atoms with van der Waals surface area (Å²) in [6.45, 7) is 6.33. The zero-order valence-electron chi connectivity index (χ0n) is 42.7. The van der Waals surface area contributed by atoms with Crippen LogP contribution in [0.5, 0.6) is 0 Å². The first-order valence-electron chi connectivity index (χ1n) is 26.9. The van der Waals surface area contributed by atoms with Gasteiger partial charge in [0, 0.05) is 19.3 Å². The van der Waals surface area contributed by atoms with Crippen LogP contribution < -0.4 is 0 Å². The van der Waals surface area contributed by atoms with Crippen LogP contribution in [-0.2, 0) is 28.6 Å². The lowest BCUT2D eigenvalue weighted by atomic mass is 10.1. The summed E-state index contributed by atoms with van der Waals surface area (Å²) in [7, 11) is 0. The predicted octanol–water partition coefficient (Wildman–Crippen LogP) is 17.9. The van der Waals surface area contributed by atoms with E-state index >= 15 is 0 Å². The number of unbranched alkanes of at least 4 members (excludes halogenated alkanes) is 18. The lowest BCUT2D eigenvalue weighted by Crippen LogP contribution is -2.30. The zero-order chi connectivity index (χ0) is 47.9. The van der Waals surface area contributed by atoms with E-state index in [1.807, 2.05) is 6.08 Å². The van der Waals surface area contributed by atoms with Crippen LogP contribution in [0.2, 0.25) is 0 Å². The number of allylic oxidation sites excluding steroid dienone is 18. The third-order valence-corrected chi connectivity index (χ3v) is 11.0. The molecule has 0 radical (unpaired) electrons. The Bertz CT molecular complexity index is 1370. The van der Waals surface area contributed by atoms with Crippen LogP contribution in [0.25, 0.3) is 0 Å². The molecule has 6 nitrogen and oxygen atoms in total. The van der Waals surface area contributed by atoms with Gasteiger partial charge in [-0.2, -0.15) is 0 Å². The highest BCUT2D eigenvalue weighted by atomic mass is 16.6. The van der Waals surface area contributed by atoms with E-state index in [1.54, 1.807) is 0 Å². The molecule has 0 aliphatic rings. The number of carbonyl (C=O) groups excluding carboxylic acids is 3. The summed E-state index contributed by atoms with van der Waals surface area (Å²) in [6, 6.07) is 0. The van der Waals surface area contributed by atoms with E-state index in [4.69, 9.17) is 14.2 Å². The summed E-state index contributed by atoms with van der Waals surface area (Å²) in [6.07, 6.45) is 72.3. The fourth-order valence-electron chi connectivity index (χ4n) is 7.07. The maximum Gasteiger partial charge on any atom is 0.306 e. The Balaban J connectivity index is 4.46. The summed E-state index contributed by atoms with van der Waals surface area (Å²) in [5.74, 6) is -1.00. The van der Waals surface area contributed by atoms with E-state index in [0.29, 0.717) is 19.3 Å². The van der Waals surface area contributed by atoms with Crippen LogP contribution in [0.4, 0.5) is 0 Å². The van der Waals surface area contributed by atoms with Gasteiger partial charge >= 0.3 is 17.9 Å². The molecule has 1 unspecified atom stereocenters. The summed E-state index contributed by atoms with van der Waals surface area (Å²) < 4.78 is 16.7. The van der Waals surface area contributed by atoms with Gasteiger partial charge in [-0.05, 0) is 89.9 Å². The van der Waals surface area contributed by atoms with Gasteiger partial charge in [0.05, 0.1) is 0 Å². The largest absolute Gasteiger partial charge is 0.462 e. The van der Waals surface area contributed by atoms with Crippen LogP contribution in [0.3, 0.4) is 0 Å². The molecule has 0 amide bonds. The highest BCUT2D eigenvalue weighted by molar-refractivity contribution is 5.71. The minimum Gasteiger partial charge on any atom is -0.462 e. The molecule has 0 fully saturated rings. The summed E-state index contributed by atoms with van der Waals surface area (Å²) in [4.78, 5) is 38.0. The minimum absolute atomic E-state index is 0.104. The molecule has 0 rings (SSSR count). The molecule has 0 heterocycles. The van der Waals surface area contributed by atoms with Crippen molar-refractivity contribution in [1.29, 1.82) is 0 Å². The summed E-state index contributed by atoms with van der Waals surface area (Å²) in [5.41, 5.74) is 0. The van der Waals surface area contributed by atoms with E-state index in [1.165, 1.54) is 83.5 Å². The van der Waals surface area contributed by atoms with Crippen LogP contribution in [-0.4, -0.2) is 37.2 Å². The molecule has 0 aromatic carbocycles. The van der Waals surface area contributed by atoms with Crippen molar-refractivity contribution >= 4 is 17.9 Å². The van der Waals surface area contributed by atoms with Gasteiger partial charge in [-0.3, -0.25) is 14.4 Å².